The highest BCUT2D eigenvalue weighted by atomic mass is 32.1. The topological polar surface area (TPSA) is 20.2 Å². The van der Waals surface area contributed by atoms with Crippen molar-refractivity contribution < 1.29 is 9.50 Å². The predicted octanol–water partition coefficient (Wildman–Crippen LogP) is 3.73. The number of aliphatic hydroxyl groups excluding tert-OH is 1. The van der Waals surface area contributed by atoms with Crippen LogP contribution in [-0.2, 0) is 12.8 Å². The summed E-state index contributed by atoms with van der Waals surface area (Å²) >= 11 is 1.68. The lowest BCUT2D eigenvalue weighted by atomic mass is 10.1. The molecule has 0 bridgehead atoms. The zero-order chi connectivity index (χ0) is 12.3. The van der Waals surface area contributed by atoms with Crippen molar-refractivity contribution in [3.05, 3.63) is 57.5 Å². The third kappa shape index (κ3) is 2.93. The summed E-state index contributed by atoms with van der Waals surface area (Å²) in [6.45, 7) is 2.10. The van der Waals surface area contributed by atoms with Gasteiger partial charge in [0.05, 0.1) is 6.10 Å². The Kier molecular flexibility index (Phi) is 3.92. The standard InChI is InChI=1S/C14H15FOS/c1-2-10-7-8-11(17-10)9-14(16)12-5-3-4-6-13(12)15/h3-8,14,16H,2,9H2,1H3. The van der Waals surface area contributed by atoms with E-state index in [4.69, 9.17) is 0 Å². The lowest BCUT2D eigenvalue weighted by molar-refractivity contribution is 0.174. The molecule has 2 aromatic rings. The average molecular weight is 250 g/mol. The van der Waals surface area contributed by atoms with Crippen LogP contribution in [-0.4, -0.2) is 5.11 Å². The predicted molar refractivity (Wildman–Crippen MR) is 68.8 cm³/mol. The molecule has 2 rings (SSSR count). The maximum absolute atomic E-state index is 13.5. The third-order valence-electron chi connectivity index (χ3n) is 2.72. The largest absolute Gasteiger partial charge is 0.388 e. The Bertz CT molecular complexity index is 492. The van der Waals surface area contributed by atoms with Crippen LogP contribution in [0.5, 0.6) is 0 Å². The first-order valence-corrected chi connectivity index (χ1v) is 6.52. The Morgan fingerprint density at radius 1 is 1.18 bits per heavy atom. The molecule has 0 amide bonds. The van der Waals surface area contributed by atoms with Gasteiger partial charge in [-0.25, -0.2) is 4.39 Å². The van der Waals surface area contributed by atoms with E-state index in [9.17, 15) is 9.50 Å². The summed E-state index contributed by atoms with van der Waals surface area (Å²) < 4.78 is 13.5. The van der Waals surface area contributed by atoms with Gasteiger partial charge in [0.25, 0.3) is 0 Å². The van der Waals surface area contributed by atoms with Crippen LogP contribution in [0.25, 0.3) is 0 Å². The molecule has 0 aliphatic carbocycles. The van der Waals surface area contributed by atoms with Gasteiger partial charge in [-0.05, 0) is 24.6 Å². The van der Waals surface area contributed by atoms with Crippen molar-refractivity contribution >= 4 is 11.3 Å². The zero-order valence-electron chi connectivity index (χ0n) is 9.69. The van der Waals surface area contributed by atoms with Crippen molar-refractivity contribution in [3.8, 4) is 0 Å². The van der Waals surface area contributed by atoms with E-state index < -0.39 is 6.10 Å². The highest BCUT2D eigenvalue weighted by molar-refractivity contribution is 7.11. The Hall–Kier alpha value is -1.19. The highest BCUT2D eigenvalue weighted by Crippen LogP contribution is 2.25. The molecule has 3 heteroatoms. The Morgan fingerprint density at radius 2 is 1.88 bits per heavy atom. The van der Waals surface area contributed by atoms with Gasteiger partial charge >= 0.3 is 0 Å². The fraction of sp³-hybridized carbons (Fsp3) is 0.286. The molecule has 17 heavy (non-hydrogen) atoms. The van der Waals surface area contributed by atoms with Crippen molar-refractivity contribution in [2.24, 2.45) is 0 Å². The molecule has 1 unspecified atom stereocenters. The molecule has 0 fully saturated rings. The van der Waals surface area contributed by atoms with E-state index in [1.165, 1.54) is 10.9 Å². The third-order valence-corrected chi connectivity index (χ3v) is 3.98. The molecule has 1 heterocycles. The summed E-state index contributed by atoms with van der Waals surface area (Å²) in [6.07, 6.45) is 0.714. The molecule has 0 aliphatic rings. The van der Waals surface area contributed by atoms with Crippen LogP contribution in [0.1, 0.15) is 28.3 Å². The number of halogens is 1. The number of aliphatic hydroxyl groups is 1. The Labute approximate surface area is 105 Å². The summed E-state index contributed by atoms with van der Waals surface area (Å²) in [5.41, 5.74) is 0.374. The van der Waals surface area contributed by atoms with E-state index in [1.54, 1.807) is 29.5 Å². The van der Waals surface area contributed by atoms with E-state index in [-0.39, 0.29) is 5.82 Å². The van der Waals surface area contributed by atoms with Crippen molar-refractivity contribution in [3.63, 3.8) is 0 Å². The van der Waals surface area contributed by atoms with Gasteiger partial charge in [0.15, 0.2) is 0 Å². The molecule has 1 aromatic heterocycles. The van der Waals surface area contributed by atoms with Crippen molar-refractivity contribution in [1.82, 2.24) is 0 Å². The molecule has 0 spiro atoms. The van der Waals surface area contributed by atoms with Gasteiger partial charge in [-0.3, -0.25) is 0 Å². The van der Waals surface area contributed by atoms with Gasteiger partial charge < -0.3 is 5.11 Å². The van der Waals surface area contributed by atoms with Crippen LogP contribution in [0.4, 0.5) is 4.39 Å². The van der Waals surface area contributed by atoms with Crippen molar-refractivity contribution in [2.75, 3.05) is 0 Å². The normalized spacial score (nSPS) is 12.6. The molecule has 1 N–H and O–H groups in total. The fourth-order valence-corrected chi connectivity index (χ4v) is 2.76. The highest BCUT2D eigenvalue weighted by Gasteiger charge is 2.13. The molecule has 1 aromatic carbocycles. The molecule has 90 valence electrons. The summed E-state index contributed by atoms with van der Waals surface area (Å²) in [5, 5.41) is 10.0. The molecule has 0 saturated carbocycles. The van der Waals surface area contributed by atoms with E-state index >= 15 is 0 Å². The van der Waals surface area contributed by atoms with Crippen LogP contribution < -0.4 is 0 Å². The number of rotatable bonds is 4. The van der Waals surface area contributed by atoms with Crippen LogP contribution in [0.3, 0.4) is 0 Å². The summed E-state index contributed by atoms with van der Waals surface area (Å²) in [6, 6.07) is 10.5. The van der Waals surface area contributed by atoms with E-state index in [1.807, 2.05) is 6.07 Å². The van der Waals surface area contributed by atoms with Gasteiger partial charge in [0.2, 0.25) is 0 Å². The van der Waals surface area contributed by atoms with E-state index in [0.29, 0.717) is 12.0 Å². The van der Waals surface area contributed by atoms with Crippen molar-refractivity contribution in [2.45, 2.75) is 25.9 Å². The quantitative estimate of drug-likeness (QED) is 0.876. The summed E-state index contributed by atoms with van der Waals surface area (Å²) in [7, 11) is 0. The Balaban J connectivity index is 2.11. The van der Waals surface area contributed by atoms with Gasteiger partial charge in [-0.1, -0.05) is 25.1 Å². The number of hydrogen-bond donors (Lipinski definition) is 1. The molecule has 0 radical (unpaired) electrons. The maximum atomic E-state index is 13.5. The maximum Gasteiger partial charge on any atom is 0.129 e. The van der Waals surface area contributed by atoms with Crippen molar-refractivity contribution in [1.29, 1.82) is 0 Å². The molecular weight excluding hydrogens is 235 g/mol. The second-order valence-corrected chi connectivity index (χ2v) is 5.22. The molecule has 0 saturated heterocycles. The summed E-state index contributed by atoms with van der Waals surface area (Å²) in [5.74, 6) is -0.340. The minimum atomic E-state index is -0.764. The molecule has 1 nitrogen and oxygen atoms in total. The van der Waals surface area contributed by atoms with Gasteiger partial charge in [0, 0.05) is 21.7 Å². The number of thiophene rings is 1. The SMILES string of the molecule is CCc1ccc(CC(O)c2ccccc2F)s1. The first kappa shape index (κ1) is 12.3. The smallest absolute Gasteiger partial charge is 0.129 e. The van der Waals surface area contributed by atoms with Gasteiger partial charge in [-0.2, -0.15) is 0 Å². The van der Waals surface area contributed by atoms with E-state index in [2.05, 4.69) is 13.0 Å². The first-order valence-electron chi connectivity index (χ1n) is 5.70. The zero-order valence-corrected chi connectivity index (χ0v) is 10.5. The van der Waals surface area contributed by atoms with Crippen LogP contribution >= 0.6 is 11.3 Å². The molecule has 1 atom stereocenters. The average Bonchev–Trinajstić information content (AvgIpc) is 2.77. The number of aryl methyl sites for hydroxylation is 1. The van der Waals surface area contributed by atoms with Crippen LogP contribution in [0.15, 0.2) is 36.4 Å². The minimum Gasteiger partial charge on any atom is -0.388 e. The van der Waals surface area contributed by atoms with Gasteiger partial charge in [-0.15, -0.1) is 11.3 Å². The minimum absolute atomic E-state index is 0.340. The molecular formula is C14H15FOS. The second kappa shape index (κ2) is 5.43. The number of benzene rings is 1. The fourth-order valence-electron chi connectivity index (χ4n) is 1.77. The lowest BCUT2D eigenvalue weighted by Crippen LogP contribution is -2.02. The number of hydrogen-bond acceptors (Lipinski definition) is 2. The molecule has 0 aliphatic heterocycles. The monoisotopic (exact) mass is 250 g/mol. The van der Waals surface area contributed by atoms with E-state index in [0.717, 1.165) is 11.3 Å². The second-order valence-electron chi connectivity index (χ2n) is 3.96. The Morgan fingerprint density at radius 3 is 2.53 bits per heavy atom. The lowest BCUT2D eigenvalue weighted by Gasteiger charge is -2.10. The van der Waals surface area contributed by atoms with Gasteiger partial charge in [0.1, 0.15) is 5.82 Å². The van der Waals surface area contributed by atoms with Crippen LogP contribution in [0, 0.1) is 5.82 Å². The first-order chi connectivity index (χ1) is 8.20. The summed E-state index contributed by atoms with van der Waals surface area (Å²) in [4.78, 5) is 2.39. The van der Waals surface area contributed by atoms with Crippen LogP contribution in [0.2, 0.25) is 0 Å².